The molecule has 0 fully saturated rings. The van der Waals surface area contributed by atoms with Crippen molar-refractivity contribution in [3.8, 4) is 22.3 Å². The van der Waals surface area contributed by atoms with Gasteiger partial charge in [-0.05, 0) is 53.6 Å². The van der Waals surface area contributed by atoms with Gasteiger partial charge in [0.15, 0.2) is 5.58 Å². The number of hydrogen-bond acceptors (Lipinski definition) is 3. The Balaban J connectivity index is 1.37. The number of furan rings is 1. The first-order valence-electron chi connectivity index (χ1n) is 18.7. The molecule has 55 heavy (non-hydrogen) atoms. The van der Waals surface area contributed by atoms with E-state index in [1.54, 1.807) is 0 Å². The van der Waals surface area contributed by atoms with Gasteiger partial charge in [-0.3, -0.25) is 0 Å². The van der Waals surface area contributed by atoms with Crippen molar-refractivity contribution in [2.24, 2.45) is 0 Å². The molecule has 0 spiro atoms. The van der Waals surface area contributed by atoms with E-state index in [1.165, 1.54) is 0 Å². The molecule has 0 N–H and O–H groups in total. The molecule has 0 saturated heterocycles. The predicted octanol–water partition coefficient (Wildman–Crippen LogP) is 15.0. The summed E-state index contributed by atoms with van der Waals surface area (Å²) < 4.78 is 7.17. The topological polar surface area (TPSA) is 19.6 Å². The van der Waals surface area contributed by atoms with Gasteiger partial charge >= 0.3 is 0 Å². The lowest BCUT2D eigenvalue weighted by Gasteiger charge is -2.33. The maximum atomic E-state index is 7.17. The summed E-state index contributed by atoms with van der Waals surface area (Å²) in [5, 5.41) is 4.30. The molecule has 0 aliphatic heterocycles. The second kappa shape index (κ2) is 13.9. The molecule has 0 bridgehead atoms. The lowest BCUT2D eigenvalue weighted by Crippen LogP contribution is -2.15. The van der Waals surface area contributed by atoms with Crippen LogP contribution in [-0.2, 0) is 0 Å². The summed E-state index contributed by atoms with van der Waals surface area (Å²) in [4.78, 5) is 4.83. The van der Waals surface area contributed by atoms with Gasteiger partial charge in [-0.1, -0.05) is 176 Å². The van der Waals surface area contributed by atoms with Crippen LogP contribution in [0.1, 0.15) is 0 Å². The van der Waals surface area contributed by atoms with Gasteiger partial charge in [0.2, 0.25) is 0 Å². The van der Waals surface area contributed by atoms with Gasteiger partial charge in [0, 0.05) is 38.7 Å². The first-order chi connectivity index (χ1) is 27.3. The highest BCUT2D eigenvalue weighted by atomic mass is 16.3. The first kappa shape index (κ1) is 32.3. The van der Waals surface area contributed by atoms with Crippen LogP contribution in [0.2, 0.25) is 0 Å². The molecule has 10 rings (SSSR count). The summed E-state index contributed by atoms with van der Waals surface area (Å²) in [5.74, 6) is 0. The van der Waals surface area contributed by atoms with Crippen LogP contribution in [0.25, 0.3) is 55.0 Å². The zero-order valence-electron chi connectivity index (χ0n) is 30.1. The molecular formula is C52H36N2O. The molecule has 0 atom stereocenters. The molecule has 3 nitrogen and oxygen atoms in total. The smallest absolute Gasteiger partial charge is 0.162 e. The molecule has 3 heteroatoms. The lowest BCUT2D eigenvalue weighted by molar-refractivity contribution is 0.669. The monoisotopic (exact) mass is 704 g/mol. The number of benzene rings is 9. The minimum atomic E-state index is 0.819. The number of fused-ring (bicyclic) bond motifs is 4. The van der Waals surface area contributed by atoms with E-state index in [9.17, 15) is 0 Å². The van der Waals surface area contributed by atoms with Crippen LogP contribution < -0.4 is 9.80 Å². The summed E-state index contributed by atoms with van der Waals surface area (Å²) in [6.45, 7) is 0. The Kier molecular flexibility index (Phi) is 8.16. The van der Waals surface area contributed by atoms with Crippen LogP contribution in [-0.4, -0.2) is 0 Å². The lowest BCUT2D eigenvalue weighted by atomic mass is 9.95. The average Bonchev–Trinajstić information content (AvgIpc) is 3.65. The van der Waals surface area contributed by atoms with Crippen molar-refractivity contribution >= 4 is 66.8 Å². The van der Waals surface area contributed by atoms with Crippen molar-refractivity contribution < 1.29 is 4.42 Å². The third-order valence-corrected chi connectivity index (χ3v) is 10.4. The fraction of sp³-hybridized carbons (Fsp3) is 0. The number of anilines is 6. The maximum Gasteiger partial charge on any atom is 0.162 e. The largest absolute Gasteiger partial charge is 0.454 e. The molecule has 0 amide bonds. The van der Waals surface area contributed by atoms with E-state index in [2.05, 4.69) is 228 Å². The van der Waals surface area contributed by atoms with Gasteiger partial charge in [0.1, 0.15) is 5.58 Å². The molecule has 10 aromatic rings. The molecule has 0 unspecified atom stereocenters. The van der Waals surface area contributed by atoms with Gasteiger partial charge < -0.3 is 14.2 Å². The Morgan fingerprint density at radius 1 is 0.309 bits per heavy atom. The van der Waals surface area contributed by atoms with E-state index in [0.717, 1.165) is 89.1 Å². The van der Waals surface area contributed by atoms with E-state index >= 15 is 0 Å². The van der Waals surface area contributed by atoms with Crippen molar-refractivity contribution in [2.45, 2.75) is 0 Å². The zero-order valence-corrected chi connectivity index (χ0v) is 30.1. The molecule has 260 valence electrons. The second-order valence-electron chi connectivity index (χ2n) is 13.7. The Morgan fingerprint density at radius 2 is 0.691 bits per heavy atom. The Labute approximate surface area is 320 Å². The third-order valence-electron chi connectivity index (χ3n) is 10.4. The molecule has 0 radical (unpaired) electrons. The second-order valence-corrected chi connectivity index (χ2v) is 13.7. The predicted molar refractivity (Wildman–Crippen MR) is 231 cm³/mol. The normalized spacial score (nSPS) is 11.3. The van der Waals surface area contributed by atoms with Crippen molar-refractivity contribution in [3.63, 3.8) is 0 Å². The van der Waals surface area contributed by atoms with Crippen LogP contribution in [0, 0.1) is 0 Å². The number of rotatable bonds is 8. The van der Waals surface area contributed by atoms with E-state index in [1.807, 2.05) is 0 Å². The quantitative estimate of drug-likeness (QED) is 0.147. The maximum absolute atomic E-state index is 7.17. The minimum absolute atomic E-state index is 0.819. The van der Waals surface area contributed by atoms with Gasteiger partial charge in [-0.25, -0.2) is 0 Å². The van der Waals surface area contributed by atoms with Crippen molar-refractivity contribution in [2.75, 3.05) is 9.80 Å². The molecular weight excluding hydrogens is 669 g/mol. The molecule has 0 aliphatic rings. The summed E-state index contributed by atoms with van der Waals surface area (Å²) in [5.41, 5.74) is 12.5. The SMILES string of the molecule is c1ccc(-c2ccccc2N(c2ccccc2)c2c3ccccc3c(N(c3ccccc3)c3ccccc3-c3ccccc3)c3c2oc2ccccc23)cc1. The van der Waals surface area contributed by atoms with Crippen molar-refractivity contribution in [1.29, 1.82) is 0 Å². The van der Waals surface area contributed by atoms with E-state index in [0.29, 0.717) is 0 Å². The van der Waals surface area contributed by atoms with Crippen molar-refractivity contribution in [1.82, 2.24) is 0 Å². The summed E-state index contributed by atoms with van der Waals surface area (Å²) in [6.07, 6.45) is 0. The molecule has 1 heterocycles. The minimum Gasteiger partial charge on any atom is -0.454 e. The summed E-state index contributed by atoms with van der Waals surface area (Å²) in [6, 6.07) is 77.3. The van der Waals surface area contributed by atoms with Crippen LogP contribution in [0.3, 0.4) is 0 Å². The van der Waals surface area contributed by atoms with Gasteiger partial charge in [0.05, 0.1) is 28.1 Å². The third kappa shape index (κ3) is 5.62. The first-order valence-corrected chi connectivity index (χ1v) is 18.7. The van der Waals surface area contributed by atoms with Gasteiger partial charge in [0.25, 0.3) is 0 Å². The van der Waals surface area contributed by atoms with Gasteiger partial charge in [-0.2, -0.15) is 0 Å². The van der Waals surface area contributed by atoms with E-state index in [4.69, 9.17) is 4.42 Å². The fourth-order valence-electron chi connectivity index (χ4n) is 8.05. The highest BCUT2D eigenvalue weighted by molar-refractivity contribution is 6.28. The molecule has 0 aliphatic carbocycles. The van der Waals surface area contributed by atoms with E-state index in [-0.39, 0.29) is 0 Å². The highest BCUT2D eigenvalue weighted by Crippen LogP contribution is 2.55. The fourth-order valence-corrected chi connectivity index (χ4v) is 8.05. The number of para-hydroxylation sites is 5. The number of nitrogens with zero attached hydrogens (tertiary/aromatic N) is 2. The Hall–Kier alpha value is -7.36. The Bertz CT molecular complexity index is 2920. The van der Waals surface area contributed by atoms with Gasteiger partial charge in [-0.15, -0.1) is 0 Å². The van der Waals surface area contributed by atoms with Crippen LogP contribution >= 0.6 is 0 Å². The Morgan fingerprint density at radius 3 is 1.22 bits per heavy atom. The molecule has 1 aromatic heterocycles. The highest BCUT2D eigenvalue weighted by Gasteiger charge is 2.30. The van der Waals surface area contributed by atoms with Crippen LogP contribution in [0.5, 0.6) is 0 Å². The average molecular weight is 705 g/mol. The van der Waals surface area contributed by atoms with Crippen molar-refractivity contribution in [3.05, 3.63) is 218 Å². The van der Waals surface area contributed by atoms with Crippen LogP contribution in [0.15, 0.2) is 223 Å². The zero-order chi connectivity index (χ0) is 36.6. The van der Waals surface area contributed by atoms with Crippen LogP contribution in [0.4, 0.5) is 34.1 Å². The summed E-state index contributed by atoms with van der Waals surface area (Å²) >= 11 is 0. The van der Waals surface area contributed by atoms with E-state index < -0.39 is 0 Å². The molecule has 9 aromatic carbocycles. The molecule has 0 saturated carbocycles. The standard InChI is InChI=1S/C52H36N2O/c1-5-21-37(22-6-1)41-29-15-18-34-46(41)53(39-25-9-3-10-26-39)50-43-31-13-14-32-44(43)51(52-49(50)45-33-17-20-36-48(45)55-52)54(40-27-11-4-12-28-40)47-35-19-16-30-42(47)38-23-7-2-8-24-38/h1-36H. The summed E-state index contributed by atoms with van der Waals surface area (Å²) in [7, 11) is 0. The number of hydrogen-bond donors (Lipinski definition) is 0.